The quantitative estimate of drug-likeness (QED) is 0.758. The molecule has 0 aromatic carbocycles. The van der Waals surface area contributed by atoms with Gasteiger partial charge >= 0.3 is 0 Å². The average molecular weight is 254 g/mol. The molecule has 3 nitrogen and oxygen atoms in total. The van der Waals surface area contributed by atoms with Gasteiger partial charge in [-0.3, -0.25) is 4.79 Å². The van der Waals surface area contributed by atoms with Gasteiger partial charge in [0.15, 0.2) is 4.60 Å². The molecule has 0 radical (unpaired) electrons. The predicted octanol–water partition coefficient (Wildman–Crippen LogP) is 1.29. The number of H-pyrrole nitrogens is 1. The molecule has 0 spiro atoms. The highest BCUT2D eigenvalue weighted by Crippen LogP contribution is 2.04. The maximum Gasteiger partial charge on any atom is 0.281 e. The molecule has 0 fully saturated rings. The molecular weight excluding hydrogens is 252 g/mol. The zero-order valence-electron chi connectivity index (χ0n) is 4.19. The molecular formula is C4H2Br2N2O. The van der Waals surface area contributed by atoms with Gasteiger partial charge in [-0.15, -0.1) is 0 Å². The summed E-state index contributed by atoms with van der Waals surface area (Å²) in [6.45, 7) is 0. The van der Waals surface area contributed by atoms with Crippen molar-refractivity contribution >= 4 is 31.9 Å². The van der Waals surface area contributed by atoms with E-state index in [2.05, 4.69) is 41.8 Å². The molecule has 0 saturated carbocycles. The van der Waals surface area contributed by atoms with Crippen LogP contribution in [-0.4, -0.2) is 9.97 Å². The first-order valence-corrected chi connectivity index (χ1v) is 3.69. The number of hydrogen-bond acceptors (Lipinski definition) is 2. The molecule has 0 aliphatic carbocycles. The lowest BCUT2D eigenvalue weighted by molar-refractivity contribution is 1.07. The molecule has 1 rings (SSSR count). The highest BCUT2D eigenvalue weighted by molar-refractivity contribution is 9.11. The molecule has 5 heteroatoms. The fourth-order valence-corrected chi connectivity index (χ4v) is 1.20. The standard InChI is InChI=1S/C4H2Br2N2O/c5-2-1-7-4(9)3(6)8-2/h1H,(H,7,9). The number of hydrogen-bond donors (Lipinski definition) is 1. The SMILES string of the molecule is O=c1[nH]cc(Br)nc1Br. The highest BCUT2D eigenvalue weighted by Gasteiger charge is 1.94. The number of nitrogens with zero attached hydrogens (tertiary/aromatic N) is 1. The Morgan fingerprint density at radius 2 is 2.22 bits per heavy atom. The zero-order valence-corrected chi connectivity index (χ0v) is 7.36. The van der Waals surface area contributed by atoms with Crippen LogP contribution in [0.25, 0.3) is 0 Å². The Morgan fingerprint density at radius 1 is 1.56 bits per heavy atom. The Bertz CT molecular complexity index is 270. The van der Waals surface area contributed by atoms with Gasteiger partial charge in [0.2, 0.25) is 0 Å². The van der Waals surface area contributed by atoms with Gasteiger partial charge in [-0.1, -0.05) is 0 Å². The van der Waals surface area contributed by atoms with Crippen LogP contribution in [0.15, 0.2) is 20.2 Å². The molecule has 1 heterocycles. The minimum Gasteiger partial charge on any atom is -0.324 e. The van der Waals surface area contributed by atoms with Crippen LogP contribution in [0.1, 0.15) is 0 Å². The first-order chi connectivity index (χ1) is 4.20. The molecule has 1 aromatic heterocycles. The van der Waals surface area contributed by atoms with Crippen molar-refractivity contribution < 1.29 is 0 Å². The fraction of sp³-hybridized carbons (Fsp3) is 0. The molecule has 0 amide bonds. The van der Waals surface area contributed by atoms with Crippen molar-refractivity contribution in [3.05, 3.63) is 25.8 Å². The second kappa shape index (κ2) is 2.62. The highest BCUT2D eigenvalue weighted by atomic mass is 79.9. The van der Waals surface area contributed by atoms with Crippen LogP contribution in [0.2, 0.25) is 0 Å². The summed E-state index contributed by atoms with van der Waals surface area (Å²) >= 11 is 6.05. The summed E-state index contributed by atoms with van der Waals surface area (Å²) in [4.78, 5) is 16.8. The van der Waals surface area contributed by atoms with Gasteiger partial charge in [0.05, 0.1) is 0 Å². The summed E-state index contributed by atoms with van der Waals surface area (Å²) in [5, 5.41) is 0. The van der Waals surface area contributed by atoms with E-state index in [9.17, 15) is 4.79 Å². The lowest BCUT2D eigenvalue weighted by Crippen LogP contribution is -2.06. The Kier molecular flexibility index (Phi) is 2.02. The first kappa shape index (κ1) is 6.95. The van der Waals surface area contributed by atoms with E-state index in [0.29, 0.717) is 4.60 Å². The molecule has 0 aliphatic heterocycles. The Labute approximate surface area is 67.8 Å². The van der Waals surface area contributed by atoms with Crippen LogP contribution >= 0.6 is 31.9 Å². The van der Waals surface area contributed by atoms with Crippen LogP contribution in [-0.2, 0) is 0 Å². The maximum atomic E-state index is 10.6. The van der Waals surface area contributed by atoms with Crippen molar-refractivity contribution in [2.45, 2.75) is 0 Å². The average Bonchev–Trinajstić information content (AvgIpc) is 1.80. The third-order valence-corrected chi connectivity index (χ3v) is 1.66. The van der Waals surface area contributed by atoms with Gasteiger partial charge in [-0.25, -0.2) is 4.98 Å². The number of rotatable bonds is 0. The Balaban J connectivity index is 3.34. The maximum absolute atomic E-state index is 10.6. The van der Waals surface area contributed by atoms with Crippen LogP contribution in [0, 0.1) is 0 Å². The van der Waals surface area contributed by atoms with Gasteiger partial charge in [-0.05, 0) is 31.9 Å². The predicted molar refractivity (Wildman–Crippen MR) is 40.3 cm³/mol. The van der Waals surface area contributed by atoms with Gasteiger partial charge in [0.25, 0.3) is 5.56 Å². The van der Waals surface area contributed by atoms with Crippen LogP contribution in [0.3, 0.4) is 0 Å². The summed E-state index contributed by atoms with van der Waals surface area (Å²) in [5.41, 5.74) is -0.224. The van der Waals surface area contributed by atoms with Crippen molar-refractivity contribution in [1.82, 2.24) is 9.97 Å². The summed E-state index contributed by atoms with van der Waals surface area (Å²) in [5.74, 6) is 0. The number of halogens is 2. The van der Waals surface area contributed by atoms with E-state index < -0.39 is 0 Å². The van der Waals surface area contributed by atoms with Crippen molar-refractivity contribution in [2.24, 2.45) is 0 Å². The van der Waals surface area contributed by atoms with Crippen molar-refractivity contribution in [2.75, 3.05) is 0 Å². The molecule has 0 atom stereocenters. The molecule has 1 N–H and O–H groups in total. The second-order valence-corrected chi connectivity index (χ2v) is 2.91. The molecule has 0 aliphatic rings. The number of aromatic amines is 1. The third kappa shape index (κ3) is 1.62. The van der Waals surface area contributed by atoms with Gasteiger partial charge in [0, 0.05) is 6.20 Å². The van der Waals surface area contributed by atoms with Gasteiger partial charge in [0.1, 0.15) is 4.60 Å². The van der Waals surface area contributed by atoms with Crippen molar-refractivity contribution in [3.8, 4) is 0 Å². The Morgan fingerprint density at radius 3 is 2.67 bits per heavy atom. The first-order valence-electron chi connectivity index (χ1n) is 2.11. The number of nitrogens with one attached hydrogen (secondary N) is 1. The molecule has 0 bridgehead atoms. The van der Waals surface area contributed by atoms with Gasteiger partial charge < -0.3 is 4.98 Å². The number of aromatic nitrogens is 2. The largest absolute Gasteiger partial charge is 0.324 e. The van der Waals surface area contributed by atoms with Crippen LogP contribution in [0.4, 0.5) is 0 Å². The van der Waals surface area contributed by atoms with Crippen LogP contribution < -0.4 is 5.56 Å². The summed E-state index contributed by atoms with van der Waals surface area (Å²) in [7, 11) is 0. The molecule has 0 saturated heterocycles. The molecule has 0 unspecified atom stereocenters. The molecule has 48 valence electrons. The van der Waals surface area contributed by atoms with Crippen molar-refractivity contribution in [3.63, 3.8) is 0 Å². The minimum absolute atomic E-state index is 0.224. The van der Waals surface area contributed by atoms with E-state index in [1.54, 1.807) is 0 Å². The third-order valence-electron chi connectivity index (χ3n) is 0.715. The van der Waals surface area contributed by atoms with Gasteiger partial charge in [-0.2, -0.15) is 0 Å². The fourth-order valence-electron chi connectivity index (χ4n) is 0.361. The molecule has 9 heavy (non-hydrogen) atoms. The molecule has 1 aromatic rings. The van der Waals surface area contributed by atoms with Crippen molar-refractivity contribution in [1.29, 1.82) is 0 Å². The summed E-state index contributed by atoms with van der Waals surface area (Å²) in [6.07, 6.45) is 1.48. The second-order valence-electron chi connectivity index (χ2n) is 1.34. The van der Waals surface area contributed by atoms with E-state index in [1.807, 2.05) is 0 Å². The van der Waals surface area contributed by atoms with E-state index in [4.69, 9.17) is 0 Å². The minimum atomic E-state index is -0.224. The van der Waals surface area contributed by atoms with E-state index in [1.165, 1.54) is 6.20 Å². The van der Waals surface area contributed by atoms with E-state index in [0.717, 1.165) is 0 Å². The summed E-state index contributed by atoms with van der Waals surface area (Å²) in [6, 6.07) is 0. The zero-order chi connectivity index (χ0) is 6.85. The lowest BCUT2D eigenvalue weighted by Gasteiger charge is -1.87. The monoisotopic (exact) mass is 252 g/mol. The van der Waals surface area contributed by atoms with E-state index in [-0.39, 0.29) is 10.2 Å². The van der Waals surface area contributed by atoms with E-state index >= 15 is 0 Å². The normalized spacial score (nSPS) is 9.56. The smallest absolute Gasteiger partial charge is 0.281 e. The van der Waals surface area contributed by atoms with Crippen LogP contribution in [0.5, 0.6) is 0 Å². The topological polar surface area (TPSA) is 45.8 Å². The summed E-state index contributed by atoms with van der Waals surface area (Å²) < 4.78 is 0.894. The lowest BCUT2D eigenvalue weighted by atomic mass is 10.8. The Hall–Kier alpha value is -0.160.